The van der Waals surface area contributed by atoms with E-state index in [1.165, 1.54) is 0 Å². The first-order valence-corrected chi connectivity index (χ1v) is 4.50. The van der Waals surface area contributed by atoms with Crippen molar-refractivity contribution in [2.75, 3.05) is 6.61 Å². The Morgan fingerprint density at radius 2 is 2.33 bits per heavy atom. The van der Waals surface area contributed by atoms with Crippen molar-refractivity contribution in [3.8, 4) is 0 Å². The van der Waals surface area contributed by atoms with E-state index in [1.54, 1.807) is 0 Å². The molecule has 12 heavy (non-hydrogen) atoms. The Morgan fingerprint density at radius 1 is 1.67 bits per heavy atom. The average Bonchev–Trinajstić information content (AvgIpc) is 2.05. The predicted octanol–water partition coefficient (Wildman–Crippen LogP) is 1.54. The largest absolute Gasteiger partial charge is 0.392 e. The molecule has 1 aliphatic rings. The Labute approximate surface area is 73.3 Å². The number of hydrogen-bond donors (Lipinski definition) is 1. The van der Waals surface area contributed by atoms with Crippen LogP contribution in [0, 0.1) is 11.8 Å². The van der Waals surface area contributed by atoms with Gasteiger partial charge in [-0.25, -0.2) is 0 Å². The van der Waals surface area contributed by atoms with Crippen LogP contribution in [0.1, 0.15) is 26.7 Å². The Hall–Kier alpha value is -0.630. The van der Waals surface area contributed by atoms with Crippen LogP contribution < -0.4 is 0 Å². The van der Waals surface area contributed by atoms with Gasteiger partial charge in [0.15, 0.2) is 5.78 Å². The summed E-state index contributed by atoms with van der Waals surface area (Å²) in [6, 6.07) is 0. The van der Waals surface area contributed by atoms with Crippen molar-refractivity contribution >= 4 is 5.78 Å². The summed E-state index contributed by atoms with van der Waals surface area (Å²) < 4.78 is 0. The minimum atomic E-state index is -0.0952. The number of hydrogen-bond acceptors (Lipinski definition) is 2. The summed E-state index contributed by atoms with van der Waals surface area (Å²) in [5.41, 5.74) is 0.611. The first-order valence-electron chi connectivity index (χ1n) is 4.50. The summed E-state index contributed by atoms with van der Waals surface area (Å²) in [5, 5.41) is 8.87. The second kappa shape index (κ2) is 3.85. The topological polar surface area (TPSA) is 37.3 Å². The lowest BCUT2D eigenvalue weighted by Gasteiger charge is -2.22. The van der Waals surface area contributed by atoms with Crippen LogP contribution in [0.2, 0.25) is 0 Å². The van der Waals surface area contributed by atoms with Gasteiger partial charge in [-0.3, -0.25) is 4.79 Å². The molecule has 68 valence electrons. The Balaban J connectivity index is 2.73. The molecule has 0 saturated carbocycles. The van der Waals surface area contributed by atoms with E-state index < -0.39 is 0 Å². The number of ketones is 1. The van der Waals surface area contributed by atoms with Crippen molar-refractivity contribution in [2.45, 2.75) is 26.7 Å². The number of rotatable bonds is 2. The molecule has 0 radical (unpaired) electrons. The molecule has 0 unspecified atom stereocenters. The molecule has 2 heteroatoms. The first kappa shape index (κ1) is 9.46. The third-order valence-corrected chi connectivity index (χ3v) is 2.50. The van der Waals surface area contributed by atoms with Crippen molar-refractivity contribution in [3.63, 3.8) is 0 Å². The van der Waals surface area contributed by atoms with Gasteiger partial charge in [-0.05, 0) is 18.3 Å². The van der Waals surface area contributed by atoms with Crippen LogP contribution in [-0.4, -0.2) is 17.5 Å². The number of carbonyl (C=O) groups excluding carboxylic acids is 1. The van der Waals surface area contributed by atoms with Crippen molar-refractivity contribution in [3.05, 3.63) is 11.6 Å². The van der Waals surface area contributed by atoms with E-state index >= 15 is 0 Å². The van der Waals surface area contributed by atoms with Crippen LogP contribution in [0.3, 0.4) is 0 Å². The maximum absolute atomic E-state index is 11.2. The highest BCUT2D eigenvalue weighted by Gasteiger charge is 2.21. The van der Waals surface area contributed by atoms with Gasteiger partial charge < -0.3 is 5.11 Å². The molecular formula is C10H16O2. The zero-order valence-electron chi connectivity index (χ0n) is 7.71. The summed E-state index contributed by atoms with van der Waals surface area (Å²) in [6.45, 7) is 4.19. The number of carbonyl (C=O) groups is 1. The molecule has 0 spiro atoms. The fourth-order valence-corrected chi connectivity index (χ4v) is 1.56. The minimum Gasteiger partial charge on any atom is -0.392 e. The summed E-state index contributed by atoms with van der Waals surface area (Å²) in [4.78, 5) is 11.2. The van der Waals surface area contributed by atoms with Crippen LogP contribution in [-0.2, 0) is 4.79 Å². The number of allylic oxidation sites excluding steroid dienone is 1. The van der Waals surface area contributed by atoms with E-state index in [1.807, 2.05) is 6.08 Å². The summed E-state index contributed by atoms with van der Waals surface area (Å²) in [7, 11) is 0. The number of aliphatic hydroxyl groups excluding tert-OH is 1. The van der Waals surface area contributed by atoms with Gasteiger partial charge in [0.1, 0.15) is 0 Å². The standard InChI is InChI=1S/C10H16O2/c1-7(2)8-3-4-10(12)9(5-8)6-11/h5,7-8,11H,3-4,6H2,1-2H3/t8-/m0/s1. The van der Waals surface area contributed by atoms with Gasteiger partial charge in [-0.1, -0.05) is 19.9 Å². The number of Topliss-reactive ketones (excluding diaryl/α,β-unsaturated/α-hetero) is 1. The van der Waals surface area contributed by atoms with Crippen molar-refractivity contribution in [1.82, 2.24) is 0 Å². The molecule has 0 bridgehead atoms. The van der Waals surface area contributed by atoms with Crippen molar-refractivity contribution in [1.29, 1.82) is 0 Å². The molecule has 2 nitrogen and oxygen atoms in total. The zero-order valence-corrected chi connectivity index (χ0v) is 7.71. The second-order valence-electron chi connectivity index (χ2n) is 3.72. The smallest absolute Gasteiger partial charge is 0.160 e. The van der Waals surface area contributed by atoms with Crippen molar-refractivity contribution in [2.24, 2.45) is 11.8 Å². The summed E-state index contributed by atoms with van der Waals surface area (Å²) in [5.74, 6) is 1.17. The molecule has 0 heterocycles. The normalized spacial score (nSPS) is 24.5. The van der Waals surface area contributed by atoms with E-state index in [0.29, 0.717) is 23.8 Å². The first-order chi connectivity index (χ1) is 5.65. The van der Waals surface area contributed by atoms with Crippen LogP contribution in [0.15, 0.2) is 11.6 Å². The summed E-state index contributed by atoms with van der Waals surface area (Å²) in [6.07, 6.45) is 3.49. The maximum Gasteiger partial charge on any atom is 0.160 e. The maximum atomic E-state index is 11.2. The van der Waals surface area contributed by atoms with E-state index in [2.05, 4.69) is 13.8 Å². The molecular weight excluding hydrogens is 152 g/mol. The van der Waals surface area contributed by atoms with Crippen LogP contribution >= 0.6 is 0 Å². The second-order valence-corrected chi connectivity index (χ2v) is 3.72. The van der Waals surface area contributed by atoms with Gasteiger partial charge in [0.25, 0.3) is 0 Å². The molecule has 1 rings (SSSR count). The van der Waals surface area contributed by atoms with E-state index in [0.717, 1.165) is 6.42 Å². The zero-order chi connectivity index (χ0) is 9.14. The monoisotopic (exact) mass is 168 g/mol. The van der Waals surface area contributed by atoms with Crippen LogP contribution in [0.5, 0.6) is 0 Å². The molecule has 0 aromatic carbocycles. The average molecular weight is 168 g/mol. The lowest BCUT2D eigenvalue weighted by molar-refractivity contribution is -0.116. The van der Waals surface area contributed by atoms with Gasteiger partial charge in [-0.2, -0.15) is 0 Å². The fourth-order valence-electron chi connectivity index (χ4n) is 1.56. The molecule has 0 aromatic heterocycles. The van der Waals surface area contributed by atoms with Gasteiger partial charge in [0.05, 0.1) is 6.61 Å². The van der Waals surface area contributed by atoms with E-state index in [4.69, 9.17) is 5.11 Å². The minimum absolute atomic E-state index is 0.0952. The molecule has 1 aliphatic carbocycles. The third kappa shape index (κ3) is 1.95. The van der Waals surface area contributed by atoms with Crippen LogP contribution in [0.25, 0.3) is 0 Å². The van der Waals surface area contributed by atoms with E-state index in [9.17, 15) is 4.79 Å². The lowest BCUT2D eigenvalue weighted by Crippen LogP contribution is -2.19. The van der Waals surface area contributed by atoms with Crippen LogP contribution in [0.4, 0.5) is 0 Å². The van der Waals surface area contributed by atoms with Gasteiger partial charge in [-0.15, -0.1) is 0 Å². The molecule has 1 atom stereocenters. The Morgan fingerprint density at radius 3 is 2.83 bits per heavy atom. The SMILES string of the molecule is CC(C)[C@@H]1C=C(CO)C(=O)CC1. The van der Waals surface area contributed by atoms with Crippen molar-refractivity contribution < 1.29 is 9.90 Å². The number of aliphatic hydroxyl groups is 1. The highest BCUT2D eigenvalue weighted by atomic mass is 16.3. The predicted molar refractivity (Wildman–Crippen MR) is 47.7 cm³/mol. The lowest BCUT2D eigenvalue weighted by atomic mass is 9.83. The highest BCUT2D eigenvalue weighted by molar-refractivity contribution is 5.96. The molecule has 0 aromatic rings. The summed E-state index contributed by atoms with van der Waals surface area (Å²) >= 11 is 0. The molecule has 1 N–H and O–H groups in total. The molecule has 0 saturated heterocycles. The third-order valence-electron chi connectivity index (χ3n) is 2.50. The Bertz CT molecular complexity index is 204. The molecule has 0 fully saturated rings. The molecule has 0 aliphatic heterocycles. The quantitative estimate of drug-likeness (QED) is 0.679. The Kier molecular flexibility index (Phi) is 3.04. The highest BCUT2D eigenvalue weighted by Crippen LogP contribution is 2.25. The van der Waals surface area contributed by atoms with E-state index in [-0.39, 0.29) is 12.4 Å². The van der Waals surface area contributed by atoms with Gasteiger partial charge in [0, 0.05) is 12.0 Å². The fraction of sp³-hybridized carbons (Fsp3) is 0.700. The molecule has 0 amide bonds. The van der Waals surface area contributed by atoms with Gasteiger partial charge in [0.2, 0.25) is 0 Å². The van der Waals surface area contributed by atoms with Gasteiger partial charge >= 0.3 is 0 Å².